The molecule has 0 saturated carbocycles. The minimum Gasteiger partial charge on any atom is -0.352 e. The Hall–Kier alpha value is -3.23. The quantitative estimate of drug-likeness (QED) is 0.593. The highest BCUT2D eigenvalue weighted by molar-refractivity contribution is 6.11. The van der Waals surface area contributed by atoms with E-state index >= 15 is 0 Å². The number of hydrogen-bond donors (Lipinski definition) is 0. The van der Waals surface area contributed by atoms with Crippen molar-refractivity contribution in [2.24, 2.45) is 0 Å². The van der Waals surface area contributed by atoms with Gasteiger partial charge in [0, 0.05) is 44.1 Å². The van der Waals surface area contributed by atoms with Crippen LogP contribution in [0.4, 0.5) is 19.0 Å². The van der Waals surface area contributed by atoms with Crippen molar-refractivity contribution in [2.45, 2.75) is 6.18 Å². The highest BCUT2D eigenvalue weighted by Crippen LogP contribution is 2.28. The van der Waals surface area contributed by atoms with Crippen molar-refractivity contribution in [2.75, 3.05) is 31.1 Å². The number of pyridine rings is 2. The number of hydrogen-bond acceptors (Lipinski definition) is 5. The summed E-state index contributed by atoms with van der Waals surface area (Å²) in [7, 11) is 0. The number of aromatic nitrogens is 2. The van der Waals surface area contributed by atoms with E-state index in [1.807, 2.05) is 4.90 Å². The molecule has 1 aliphatic rings. The molecule has 0 N–H and O–H groups in total. The maximum Gasteiger partial charge on any atom is 0.433 e. The van der Waals surface area contributed by atoms with Crippen molar-refractivity contribution in [3.8, 4) is 0 Å². The van der Waals surface area contributed by atoms with Crippen LogP contribution in [-0.2, 0) is 11.0 Å². The number of alkyl halides is 3. The van der Waals surface area contributed by atoms with Crippen LogP contribution in [0.1, 0.15) is 21.6 Å². The molecule has 0 radical (unpaired) electrons. The molecule has 0 unspecified atom stereocenters. The standard InChI is InChI=1S/C19H17F3N4O2/c1-2-16(27)25-8-10-26(11-9-25)18-14(4-3-7-23-18)17(28)13-5-6-15(24-12-13)19(20,21)22/h2-7,12H,1,8-11H2. The fraction of sp³-hybridized carbons (Fsp3) is 0.263. The number of carbonyl (C=O) groups is 2. The molecule has 0 aromatic carbocycles. The predicted molar refractivity (Wildman–Crippen MR) is 95.9 cm³/mol. The maximum atomic E-state index is 12.8. The van der Waals surface area contributed by atoms with Gasteiger partial charge in [0.1, 0.15) is 11.5 Å². The lowest BCUT2D eigenvalue weighted by Gasteiger charge is -2.35. The second kappa shape index (κ2) is 7.79. The molecule has 1 amide bonds. The number of rotatable bonds is 4. The van der Waals surface area contributed by atoms with Crippen molar-refractivity contribution in [3.63, 3.8) is 0 Å². The average Bonchev–Trinajstić information content (AvgIpc) is 2.72. The number of nitrogens with zero attached hydrogens (tertiary/aromatic N) is 4. The molecule has 2 aromatic heterocycles. The highest BCUT2D eigenvalue weighted by Gasteiger charge is 2.32. The van der Waals surface area contributed by atoms with Gasteiger partial charge in [-0.3, -0.25) is 14.6 Å². The Morgan fingerprint density at radius 3 is 2.36 bits per heavy atom. The largest absolute Gasteiger partial charge is 0.433 e. The van der Waals surface area contributed by atoms with E-state index in [9.17, 15) is 22.8 Å². The Balaban J connectivity index is 1.82. The van der Waals surface area contributed by atoms with Gasteiger partial charge >= 0.3 is 6.18 Å². The molecule has 28 heavy (non-hydrogen) atoms. The minimum absolute atomic E-state index is 0.0442. The molecule has 0 bridgehead atoms. The number of halogens is 3. The van der Waals surface area contributed by atoms with E-state index in [1.54, 1.807) is 23.2 Å². The number of amides is 1. The zero-order valence-electron chi connectivity index (χ0n) is 14.8. The van der Waals surface area contributed by atoms with Crippen LogP contribution < -0.4 is 4.90 Å². The number of carbonyl (C=O) groups excluding carboxylic acids is 2. The van der Waals surface area contributed by atoms with Crippen molar-refractivity contribution in [3.05, 3.63) is 66.1 Å². The van der Waals surface area contributed by atoms with E-state index in [0.717, 1.165) is 18.3 Å². The van der Waals surface area contributed by atoms with E-state index < -0.39 is 17.7 Å². The van der Waals surface area contributed by atoms with Crippen LogP contribution in [0.15, 0.2) is 49.3 Å². The third-order valence-corrected chi connectivity index (χ3v) is 4.41. The van der Waals surface area contributed by atoms with Gasteiger partial charge < -0.3 is 9.80 Å². The maximum absolute atomic E-state index is 12.8. The Labute approximate surface area is 159 Å². The Morgan fingerprint density at radius 2 is 1.79 bits per heavy atom. The van der Waals surface area contributed by atoms with Crippen LogP contribution in [0, 0.1) is 0 Å². The fourth-order valence-electron chi connectivity index (χ4n) is 2.95. The Kier molecular flexibility index (Phi) is 5.43. The van der Waals surface area contributed by atoms with Gasteiger partial charge in [-0.2, -0.15) is 13.2 Å². The van der Waals surface area contributed by atoms with Crippen LogP contribution in [0.25, 0.3) is 0 Å². The molecule has 1 saturated heterocycles. The van der Waals surface area contributed by atoms with Gasteiger partial charge in [0.05, 0.1) is 5.56 Å². The molecule has 6 nitrogen and oxygen atoms in total. The number of ketones is 1. The van der Waals surface area contributed by atoms with Crippen LogP contribution in [0.5, 0.6) is 0 Å². The first-order chi connectivity index (χ1) is 13.3. The summed E-state index contributed by atoms with van der Waals surface area (Å²) >= 11 is 0. The van der Waals surface area contributed by atoms with Gasteiger partial charge in [0.25, 0.3) is 0 Å². The summed E-state index contributed by atoms with van der Waals surface area (Å²) in [5.41, 5.74) is -0.742. The summed E-state index contributed by atoms with van der Waals surface area (Å²) in [6.07, 6.45) is -0.854. The van der Waals surface area contributed by atoms with E-state index in [1.165, 1.54) is 6.08 Å². The summed E-state index contributed by atoms with van der Waals surface area (Å²) in [4.78, 5) is 35.7. The van der Waals surface area contributed by atoms with Gasteiger partial charge in [-0.1, -0.05) is 6.58 Å². The summed E-state index contributed by atoms with van der Waals surface area (Å²) in [6.45, 7) is 5.33. The van der Waals surface area contributed by atoms with E-state index in [4.69, 9.17) is 0 Å². The lowest BCUT2D eigenvalue weighted by molar-refractivity contribution is -0.141. The van der Waals surface area contributed by atoms with Gasteiger partial charge in [-0.05, 0) is 30.3 Å². The van der Waals surface area contributed by atoms with Gasteiger partial charge in [0.15, 0.2) is 5.78 Å². The van der Waals surface area contributed by atoms with Crippen molar-refractivity contribution < 1.29 is 22.8 Å². The SMILES string of the molecule is C=CC(=O)N1CCN(c2ncccc2C(=O)c2ccc(C(F)(F)F)nc2)CC1. The number of anilines is 1. The molecule has 3 rings (SSSR count). The lowest BCUT2D eigenvalue weighted by atomic mass is 10.0. The van der Waals surface area contributed by atoms with Crippen LogP contribution in [0.3, 0.4) is 0 Å². The van der Waals surface area contributed by atoms with E-state index in [0.29, 0.717) is 32.0 Å². The topological polar surface area (TPSA) is 66.4 Å². The first kappa shape index (κ1) is 19.5. The van der Waals surface area contributed by atoms with Gasteiger partial charge in [0.2, 0.25) is 5.91 Å². The summed E-state index contributed by atoms with van der Waals surface area (Å²) in [5.74, 6) is -0.195. The van der Waals surface area contributed by atoms with Crippen LogP contribution >= 0.6 is 0 Å². The van der Waals surface area contributed by atoms with Gasteiger partial charge in [-0.25, -0.2) is 4.98 Å². The summed E-state index contributed by atoms with van der Waals surface area (Å²) in [6, 6.07) is 5.05. The lowest BCUT2D eigenvalue weighted by Crippen LogP contribution is -2.48. The highest BCUT2D eigenvalue weighted by atomic mass is 19.4. The van der Waals surface area contributed by atoms with Crippen LogP contribution in [0.2, 0.25) is 0 Å². The minimum atomic E-state index is -4.57. The molecular weight excluding hydrogens is 373 g/mol. The second-order valence-electron chi connectivity index (χ2n) is 6.15. The second-order valence-corrected chi connectivity index (χ2v) is 6.15. The fourth-order valence-corrected chi connectivity index (χ4v) is 2.95. The molecule has 0 spiro atoms. The zero-order valence-corrected chi connectivity index (χ0v) is 14.8. The normalized spacial score (nSPS) is 14.7. The van der Waals surface area contributed by atoms with Crippen molar-refractivity contribution in [1.82, 2.24) is 14.9 Å². The molecule has 146 valence electrons. The third kappa shape index (κ3) is 4.03. The average molecular weight is 390 g/mol. The van der Waals surface area contributed by atoms with Crippen molar-refractivity contribution >= 4 is 17.5 Å². The summed E-state index contributed by atoms with van der Waals surface area (Å²) < 4.78 is 38.0. The molecule has 9 heteroatoms. The molecular formula is C19H17F3N4O2. The first-order valence-electron chi connectivity index (χ1n) is 8.50. The predicted octanol–water partition coefficient (Wildman–Crippen LogP) is 2.56. The number of piperazine rings is 1. The molecule has 3 heterocycles. The van der Waals surface area contributed by atoms with Gasteiger partial charge in [-0.15, -0.1) is 0 Å². The third-order valence-electron chi connectivity index (χ3n) is 4.41. The monoisotopic (exact) mass is 390 g/mol. The summed E-state index contributed by atoms with van der Waals surface area (Å²) in [5, 5.41) is 0. The Morgan fingerprint density at radius 1 is 1.07 bits per heavy atom. The van der Waals surface area contributed by atoms with Crippen LogP contribution in [-0.4, -0.2) is 52.7 Å². The molecule has 0 atom stereocenters. The van der Waals surface area contributed by atoms with Crippen molar-refractivity contribution in [1.29, 1.82) is 0 Å². The van der Waals surface area contributed by atoms with E-state index in [2.05, 4.69) is 16.5 Å². The smallest absolute Gasteiger partial charge is 0.352 e. The molecule has 1 fully saturated rings. The molecule has 1 aliphatic heterocycles. The first-order valence-corrected chi connectivity index (χ1v) is 8.50. The zero-order chi connectivity index (χ0) is 20.3. The van der Waals surface area contributed by atoms with E-state index in [-0.39, 0.29) is 17.0 Å². The molecule has 2 aromatic rings. The molecule has 0 aliphatic carbocycles. The Bertz CT molecular complexity index is 889.